The van der Waals surface area contributed by atoms with Crippen molar-refractivity contribution in [2.24, 2.45) is 5.92 Å². The van der Waals surface area contributed by atoms with Crippen molar-refractivity contribution >= 4 is 5.69 Å². The van der Waals surface area contributed by atoms with E-state index in [1.807, 2.05) is 0 Å². The van der Waals surface area contributed by atoms with Crippen LogP contribution in [0.4, 0.5) is 5.69 Å². The summed E-state index contributed by atoms with van der Waals surface area (Å²) >= 11 is 0. The number of ether oxygens (including phenoxy) is 1. The van der Waals surface area contributed by atoms with Gasteiger partial charge in [0.2, 0.25) is 0 Å². The average Bonchev–Trinajstić information content (AvgIpc) is 3.06. The highest BCUT2D eigenvalue weighted by molar-refractivity contribution is 5.49. The fourth-order valence-corrected chi connectivity index (χ4v) is 2.02. The molecule has 1 aliphatic carbocycles. The van der Waals surface area contributed by atoms with Crippen LogP contribution in [-0.2, 0) is 4.74 Å². The van der Waals surface area contributed by atoms with Gasteiger partial charge in [-0.2, -0.15) is 0 Å². The summed E-state index contributed by atoms with van der Waals surface area (Å²) in [6.07, 6.45) is 2.68. The van der Waals surface area contributed by atoms with E-state index in [4.69, 9.17) is 4.74 Å². The van der Waals surface area contributed by atoms with E-state index in [1.54, 1.807) is 7.11 Å². The van der Waals surface area contributed by atoms with E-state index in [9.17, 15) is 0 Å². The number of aryl methyl sites for hydroxylation is 2. The lowest BCUT2D eigenvalue weighted by atomic mass is 10.1. The summed E-state index contributed by atoms with van der Waals surface area (Å²) in [5, 5.41) is 3.58. The lowest BCUT2D eigenvalue weighted by molar-refractivity contribution is 0.179. The maximum atomic E-state index is 5.27. The number of methoxy groups -OCH3 is 1. The first-order valence-electron chi connectivity index (χ1n) is 6.03. The normalized spacial score (nSPS) is 17.2. The van der Waals surface area contributed by atoms with Gasteiger partial charge in [-0.1, -0.05) is 6.07 Å². The van der Waals surface area contributed by atoms with Crippen molar-refractivity contribution in [1.29, 1.82) is 0 Å². The predicted octanol–water partition coefficient (Wildman–Crippen LogP) is 3.14. The van der Waals surface area contributed by atoms with Gasteiger partial charge in [0.25, 0.3) is 0 Å². The van der Waals surface area contributed by atoms with E-state index in [-0.39, 0.29) is 0 Å². The summed E-state index contributed by atoms with van der Waals surface area (Å²) in [4.78, 5) is 0. The van der Waals surface area contributed by atoms with Crippen molar-refractivity contribution in [1.82, 2.24) is 0 Å². The molecule has 1 aromatic rings. The Morgan fingerprint density at radius 3 is 2.62 bits per heavy atom. The summed E-state index contributed by atoms with van der Waals surface area (Å²) in [6.45, 7) is 5.10. The van der Waals surface area contributed by atoms with Crippen LogP contribution >= 0.6 is 0 Å². The molecule has 1 N–H and O–H groups in total. The first kappa shape index (κ1) is 11.5. The highest BCUT2D eigenvalue weighted by atomic mass is 16.5. The van der Waals surface area contributed by atoms with Crippen LogP contribution in [-0.4, -0.2) is 19.8 Å². The SMILES string of the molecule is COCC(Nc1ccc(C)c(C)c1)C1CC1. The number of hydrogen-bond acceptors (Lipinski definition) is 2. The van der Waals surface area contributed by atoms with Crippen molar-refractivity contribution in [2.75, 3.05) is 19.0 Å². The third-order valence-corrected chi connectivity index (χ3v) is 3.40. The maximum Gasteiger partial charge on any atom is 0.0666 e. The fourth-order valence-electron chi connectivity index (χ4n) is 2.02. The quantitative estimate of drug-likeness (QED) is 0.821. The molecule has 0 radical (unpaired) electrons. The second-order valence-corrected chi connectivity index (χ2v) is 4.84. The molecule has 1 fully saturated rings. The largest absolute Gasteiger partial charge is 0.383 e. The van der Waals surface area contributed by atoms with Crippen molar-refractivity contribution in [3.05, 3.63) is 29.3 Å². The van der Waals surface area contributed by atoms with E-state index in [0.717, 1.165) is 12.5 Å². The molecule has 0 aromatic heterocycles. The van der Waals surface area contributed by atoms with Crippen LogP contribution in [0.1, 0.15) is 24.0 Å². The van der Waals surface area contributed by atoms with E-state index in [0.29, 0.717) is 6.04 Å². The van der Waals surface area contributed by atoms with Gasteiger partial charge < -0.3 is 10.1 Å². The summed E-state index contributed by atoms with van der Waals surface area (Å²) in [5.74, 6) is 0.807. The second-order valence-electron chi connectivity index (χ2n) is 4.84. The van der Waals surface area contributed by atoms with Crippen molar-refractivity contribution in [2.45, 2.75) is 32.7 Å². The summed E-state index contributed by atoms with van der Waals surface area (Å²) in [6, 6.07) is 7.04. The number of rotatable bonds is 5. The van der Waals surface area contributed by atoms with Crippen LogP contribution in [0.2, 0.25) is 0 Å². The van der Waals surface area contributed by atoms with Crippen LogP contribution in [0.5, 0.6) is 0 Å². The van der Waals surface area contributed by atoms with Gasteiger partial charge in [0.15, 0.2) is 0 Å². The number of nitrogens with one attached hydrogen (secondary N) is 1. The molecule has 0 amide bonds. The minimum absolute atomic E-state index is 0.479. The molecule has 0 heterocycles. The molecule has 1 aliphatic rings. The minimum Gasteiger partial charge on any atom is -0.383 e. The van der Waals surface area contributed by atoms with Crippen molar-refractivity contribution in [3.63, 3.8) is 0 Å². The van der Waals surface area contributed by atoms with Gasteiger partial charge >= 0.3 is 0 Å². The van der Waals surface area contributed by atoms with Gasteiger partial charge in [-0.15, -0.1) is 0 Å². The molecule has 1 saturated carbocycles. The monoisotopic (exact) mass is 219 g/mol. The minimum atomic E-state index is 0.479. The molecule has 0 spiro atoms. The Labute approximate surface area is 98.0 Å². The standard InChI is InChI=1S/C14H21NO/c1-10-4-7-13(8-11(10)2)15-14(9-16-3)12-5-6-12/h4,7-8,12,14-15H,5-6,9H2,1-3H3. The number of anilines is 1. The molecule has 2 nitrogen and oxygen atoms in total. The van der Waals surface area contributed by atoms with E-state index >= 15 is 0 Å². The molecule has 88 valence electrons. The van der Waals surface area contributed by atoms with Gasteiger partial charge in [-0.05, 0) is 55.9 Å². The Kier molecular flexibility index (Phi) is 3.49. The van der Waals surface area contributed by atoms with Gasteiger partial charge in [0.1, 0.15) is 0 Å². The van der Waals surface area contributed by atoms with E-state index in [1.165, 1.54) is 29.7 Å². The summed E-state index contributed by atoms with van der Waals surface area (Å²) < 4.78 is 5.27. The van der Waals surface area contributed by atoms with Gasteiger partial charge in [-0.25, -0.2) is 0 Å². The molecule has 0 saturated heterocycles. The first-order chi connectivity index (χ1) is 7.70. The summed E-state index contributed by atoms with van der Waals surface area (Å²) in [5.41, 5.74) is 3.91. The Morgan fingerprint density at radius 2 is 2.06 bits per heavy atom. The Bertz CT molecular complexity index is 358. The molecule has 0 bridgehead atoms. The Balaban J connectivity index is 2.03. The maximum absolute atomic E-state index is 5.27. The van der Waals surface area contributed by atoms with Gasteiger partial charge in [0, 0.05) is 12.8 Å². The smallest absolute Gasteiger partial charge is 0.0666 e. The number of benzene rings is 1. The van der Waals surface area contributed by atoms with Crippen molar-refractivity contribution in [3.8, 4) is 0 Å². The molecule has 2 rings (SSSR count). The molecule has 0 aliphatic heterocycles. The highest BCUT2D eigenvalue weighted by Gasteiger charge is 2.31. The summed E-state index contributed by atoms with van der Waals surface area (Å²) in [7, 11) is 1.78. The van der Waals surface area contributed by atoms with E-state index in [2.05, 4.69) is 37.4 Å². The molecule has 1 unspecified atom stereocenters. The molecular formula is C14H21NO. The Hall–Kier alpha value is -1.02. The molecule has 16 heavy (non-hydrogen) atoms. The van der Waals surface area contributed by atoms with Crippen LogP contribution in [0.3, 0.4) is 0 Å². The van der Waals surface area contributed by atoms with Gasteiger partial charge in [-0.3, -0.25) is 0 Å². The van der Waals surface area contributed by atoms with Crippen LogP contribution in [0.15, 0.2) is 18.2 Å². The second kappa shape index (κ2) is 4.88. The fraction of sp³-hybridized carbons (Fsp3) is 0.571. The third-order valence-electron chi connectivity index (χ3n) is 3.40. The zero-order chi connectivity index (χ0) is 11.5. The van der Waals surface area contributed by atoms with Crippen LogP contribution < -0.4 is 5.32 Å². The molecule has 1 aromatic carbocycles. The van der Waals surface area contributed by atoms with Gasteiger partial charge in [0.05, 0.1) is 12.6 Å². The zero-order valence-corrected chi connectivity index (χ0v) is 10.4. The first-order valence-corrected chi connectivity index (χ1v) is 6.03. The molecule has 2 heteroatoms. The highest BCUT2D eigenvalue weighted by Crippen LogP contribution is 2.34. The lowest BCUT2D eigenvalue weighted by Gasteiger charge is -2.19. The van der Waals surface area contributed by atoms with Crippen molar-refractivity contribution < 1.29 is 4.74 Å². The topological polar surface area (TPSA) is 21.3 Å². The Morgan fingerprint density at radius 1 is 1.31 bits per heavy atom. The van der Waals surface area contributed by atoms with Crippen LogP contribution in [0.25, 0.3) is 0 Å². The average molecular weight is 219 g/mol. The molecule has 1 atom stereocenters. The van der Waals surface area contributed by atoms with E-state index < -0.39 is 0 Å². The molecular weight excluding hydrogens is 198 g/mol. The number of hydrogen-bond donors (Lipinski definition) is 1. The third kappa shape index (κ3) is 2.76. The lowest BCUT2D eigenvalue weighted by Crippen LogP contribution is -2.27. The van der Waals surface area contributed by atoms with Crippen LogP contribution in [0, 0.1) is 19.8 Å². The zero-order valence-electron chi connectivity index (χ0n) is 10.4. The predicted molar refractivity (Wildman–Crippen MR) is 67.9 cm³/mol.